The summed E-state index contributed by atoms with van der Waals surface area (Å²) in [6.45, 7) is 2.35. The van der Waals surface area contributed by atoms with Crippen molar-refractivity contribution in [1.82, 2.24) is 5.32 Å². The molecule has 0 radical (unpaired) electrons. The quantitative estimate of drug-likeness (QED) is 0.280. The lowest BCUT2D eigenvalue weighted by Crippen LogP contribution is -2.20. The van der Waals surface area contributed by atoms with E-state index in [1.807, 2.05) is 14.1 Å². The van der Waals surface area contributed by atoms with Gasteiger partial charge in [-0.2, -0.15) is 0 Å². The maximum atomic E-state index is 10.5. The molecule has 3 heteroatoms. The number of nitrogens with one attached hydrogen (secondary N) is 1. The maximum Gasteiger partial charge on any atom is 0.216 e. The van der Waals surface area contributed by atoms with Gasteiger partial charge in [0.1, 0.15) is 20.3 Å². The molecule has 0 aliphatic carbocycles. The first-order valence-electron chi connectivity index (χ1n) is 4.37. The zero-order chi connectivity index (χ0) is 9.40. The van der Waals surface area contributed by atoms with Crippen LogP contribution >= 0.6 is 0 Å². The summed E-state index contributed by atoms with van der Waals surface area (Å²) in [4.78, 5) is 10.5. The number of rotatable bonds is 5. The highest BCUT2D eigenvalue weighted by Gasteiger charge is 1.91. The van der Waals surface area contributed by atoms with E-state index < -0.39 is 0 Å². The SMILES string of the molecule is C[13C](=O)NCCCCC=[N+](C)C. The Morgan fingerprint density at radius 1 is 1.42 bits per heavy atom. The summed E-state index contributed by atoms with van der Waals surface area (Å²) >= 11 is 0. The average molecular weight is 172 g/mol. The highest BCUT2D eigenvalue weighted by Crippen LogP contribution is 1.90. The van der Waals surface area contributed by atoms with E-state index >= 15 is 0 Å². The molecule has 1 N–H and O–H groups in total. The van der Waals surface area contributed by atoms with Crippen molar-refractivity contribution in [2.45, 2.75) is 26.2 Å². The standard InChI is InChI=1S/C9H18N2O/c1-9(12)10-7-5-4-6-8-11(2)3/h8H,4-7H2,1-3H3/p+1/i9+1. The number of unbranched alkanes of at least 4 members (excludes halogenated alkanes) is 2. The van der Waals surface area contributed by atoms with Gasteiger partial charge in [-0.25, -0.2) is 4.58 Å². The third-order valence-corrected chi connectivity index (χ3v) is 1.50. The van der Waals surface area contributed by atoms with Crippen LogP contribution in [-0.2, 0) is 4.79 Å². The van der Waals surface area contributed by atoms with Gasteiger partial charge in [0.25, 0.3) is 0 Å². The van der Waals surface area contributed by atoms with Gasteiger partial charge in [-0.15, -0.1) is 0 Å². The van der Waals surface area contributed by atoms with Gasteiger partial charge in [-0.05, 0) is 12.8 Å². The second-order valence-corrected chi connectivity index (χ2v) is 3.12. The van der Waals surface area contributed by atoms with Gasteiger partial charge < -0.3 is 5.32 Å². The van der Waals surface area contributed by atoms with E-state index in [0.29, 0.717) is 0 Å². The summed E-state index contributed by atoms with van der Waals surface area (Å²) in [6, 6.07) is 0. The van der Waals surface area contributed by atoms with Crippen LogP contribution in [0.4, 0.5) is 0 Å². The lowest BCUT2D eigenvalue weighted by molar-refractivity contribution is -0.460. The molecule has 0 aromatic heterocycles. The molecule has 0 spiro atoms. The van der Waals surface area contributed by atoms with Crippen LogP contribution in [0.2, 0.25) is 0 Å². The van der Waals surface area contributed by atoms with Gasteiger partial charge >= 0.3 is 0 Å². The molecule has 0 aliphatic rings. The molecule has 0 aromatic carbocycles. The molecule has 0 saturated heterocycles. The minimum Gasteiger partial charge on any atom is -0.356 e. The fourth-order valence-electron chi connectivity index (χ4n) is 0.883. The number of carbonyl (C=O) groups excluding carboxylic acids is 1. The molecular weight excluding hydrogens is 153 g/mol. The van der Waals surface area contributed by atoms with Crippen molar-refractivity contribution in [3.05, 3.63) is 0 Å². The van der Waals surface area contributed by atoms with Crippen LogP contribution in [0.1, 0.15) is 26.2 Å². The number of hydrogen-bond donors (Lipinski definition) is 1. The Morgan fingerprint density at radius 2 is 2.08 bits per heavy atom. The minimum absolute atomic E-state index is 0.0617. The van der Waals surface area contributed by atoms with Crippen LogP contribution in [0.5, 0.6) is 0 Å². The molecule has 0 bridgehead atoms. The molecule has 0 atom stereocenters. The predicted molar refractivity (Wildman–Crippen MR) is 50.7 cm³/mol. The second kappa shape index (κ2) is 6.83. The Morgan fingerprint density at radius 3 is 2.58 bits per heavy atom. The Bertz CT molecular complexity index is 160. The van der Waals surface area contributed by atoms with Crippen LogP contribution in [-0.4, -0.2) is 37.3 Å². The molecule has 0 fully saturated rings. The van der Waals surface area contributed by atoms with Crippen LogP contribution < -0.4 is 5.32 Å². The highest BCUT2D eigenvalue weighted by atomic mass is 16.2. The van der Waals surface area contributed by atoms with Crippen molar-refractivity contribution >= 4 is 12.1 Å². The number of carbonyl (C=O) groups is 1. The van der Waals surface area contributed by atoms with Crippen LogP contribution in [0, 0.1) is 0 Å². The largest absolute Gasteiger partial charge is 0.356 e. The van der Waals surface area contributed by atoms with E-state index in [4.69, 9.17) is 0 Å². The molecule has 70 valence electrons. The van der Waals surface area contributed by atoms with Crippen molar-refractivity contribution in [3.63, 3.8) is 0 Å². The van der Waals surface area contributed by atoms with Crippen molar-refractivity contribution in [2.75, 3.05) is 20.6 Å². The summed E-state index contributed by atoms with van der Waals surface area (Å²) in [5.41, 5.74) is 0. The molecule has 0 saturated carbocycles. The molecule has 0 heterocycles. The smallest absolute Gasteiger partial charge is 0.216 e. The molecule has 0 aliphatic heterocycles. The first-order chi connectivity index (χ1) is 5.63. The fourth-order valence-corrected chi connectivity index (χ4v) is 0.883. The summed E-state index contributed by atoms with van der Waals surface area (Å²) in [5, 5.41) is 2.77. The lowest BCUT2D eigenvalue weighted by Gasteiger charge is -1.98. The lowest BCUT2D eigenvalue weighted by atomic mass is 10.2. The maximum absolute atomic E-state index is 10.5. The second-order valence-electron chi connectivity index (χ2n) is 3.12. The van der Waals surface area contributed by atoms with E-state index in [1.54, 1.807) is 6.92 Å². The van der Waals surface area contributed by atoms with Crippen molar-refractivity contribution in [3.8, 4) is 0 Å². The molecule has 1 amide bonds. The number of hydrogen-bond acceptors (Lipinski definition) is 1. The van der Waals surface area contributed by atoms with Crippen LogP contribution in [0.25, 0.3) is 0 Å². The molecular formula is C9H19N2O+. The zero-order valence-corrected chi connectivity index (χ0v) is 8.26. The summed E-state index contributed by atoms with van der Waals surface area (Å²) in [5.74, 6) is 0.0617. The van der Waals surface area contributed by atoms with Crippen LogP contribution in [0.15, 0.2) is 0 Å². The van der Waals surface area contributed by atoms with E-state index in [2.05, 4.69) is 16.1 Å². The minimum atomic E-state index is 0.0617. The van der Waals surface area contributed by atoms with Gasteiger partial charge in [0, 0.05) is 19.9 Å². The first kappa shape index (κ1) is 11.1. The van der Waals surface area contributed by atoms with E-state index in [1.165, 1.54) is 0 Å². The molecule has 3 nitrogen and oxygen atoms in total. The Hall–Kier alpha value is -0.860. The summed E-state index contributed by atoms with van der Waals surface area (Å²) in [6.07, 6.45) is 5.43. The monoisotopic (exact) mass is 172 g/mol. The number of nitrogens with zero attached hydrogens (tertiary/aromatic N) is 1. The van der Waals surface area contributed by atoms with E-state index in [0.717, 1.165) is 25.8 Å². The van der Waals surface area contributed by atoms with Gasteiger partial charge in [-0.1, -0.05) is 0 Å². The van der Waals surface area contributed by atoms with Gasteiger partial charge in [0.2, 0.25) is 5.91 Å². The normalized spacial score (nSPS) is 9.25. The molecule has 12 heavy (non-hydrogen) atoms. The topological polar surface area (TPSA) is 32.1 Å². The third-order valence-electron chi connectivity index (χ3n) is 1.50. The zero-order valence-electron chi connectivity index (χ0n) is 8.26. The van der Waals surface area contributed by atoms with Crippen molar-refractivity contribution < 1.29 is 9.37 Å². The summed E-state index contributed by atoms with van der Waals surface area (Å²) < 4.78 is 2.05. The van der Waals surface area contributed by atoms with Crippen molar-refractivity contribution in [1.29, 1.82) is 0 Å². The predicted octanol–water partition coefficient (Wildman–Crippen LogP) is 0.636. The van der Waals surface area contributed by atoms with Gasteiger partial charge in [0.05, 0.1) is 0 Å². The Labute approximate surface area is 74.5 Å². The van der Waals surface area contributed by atoms with E-state index in [-0.39, 0.29) is 5.91 Å². The fraction of sp³-hybridized carbons (Fsp3) is 0.778. The molecule has 0 aromatic rings. The molecule has 0 unspecified atom stereocenters. The molecule has 0 rings (SSSR count). The summed E-state index contributed by atoms with van der Waals surface area (Å²) in [7, 11) is 4.04. The van der Waals surface area contributed by atoms with Crippen LogP contribution in [0.3, 0.4) is 0 Å². The van der Waals surface area contributed by atoms with E-state index in [9.17, 15) is 4.79 Å². The van der Waals surface area contributed by atoms with Gasteiger partial charge in [0.15, 0.2) is 0 Å². The van der Waals surface area contributed by atoms with Crippen molar-refractivity contribution in [2.24, 2.45) is 0 Å². The first-order valence-corrected chi connectivity index (χ1v) is 4.37. The Kier molecular flexibility index (Phi) is 6.34. The number of amides is 1. The Balaban J connectivity index is 3.11. The highest BCUT2D eigenvalue weighted by molar-refractivity contribution is 5.72. The average Bonchev–Trinajstić information content (AvgIpc) is 1.95. The third kappa shape index (κ3) is 9.14. The van der Waals surface area contributed by atoms with Gasteiger partial charge in [-0.3, -0.25) is 4.79 Å².